The van der Waals surface area contributed by atoms with Crippen molar-refractivity contribution in [1.82, 2.24) is 0 Å². The molecular weight excluding hydrogens is 226 g/mol. The lowest BCUT2D eigenvalue weighted by molar-refractivity contribution is -0.0935. The van der Waals surface area contributed by atoms with Gasteiger partial charge in [-0.25, -0.2) is 0 Å². The quantitative estimate of drug-likeness (QED) is 0.883. The molecule has 0 spiro atoms. The van der Waals surface area contributed by atoms with Crippen molar-refractivity contribution in [2.24, 2.45) is 5.41 Å². The van der Waals surface area contributed by atoms with Crippen LogP contribution in [-0.4, -0.2) is 23.9 Å². The molecule has 1 atom stereocenters. The van der Waals surface area contributed by atoms with Gasteiger partial charge >= 0.3 is 0 Å². The van der Waals surface area contributed by atoms with Gasteiger partial charge in [0.2, 0.25) is 0 Å². The predicted molar refractivity (Wildman–Crippen MR) is 69.0 cm³/mol. The molecule has 1 unspecified atom stereocenters. The van der Waals surface area contributed by atoms with E-state index in [4.69, 9.17) is 4.74 Å². The summed E-state index contributed by atoms with van der Waals surface area (Å²) < 4.78 is 5.34. The van der Waals surface area contributed by atoms with Gasteiger partial charge in [-0.2, -0.15) is 5.26 Å². The fraction of sp³-hybridized carbons (Fsp3) is 0.533. The summed E-state index contributed by atoms with van der Waals surface area (Å²) in [5.74, 6) is 0. The normalized spacial score (nSPS) is 19.9. The lowest BCUT2D eigenvalue weighted by Crippen LogP contribution is -2.49. The molecule has 96 valence electrons. The van der Waals surface area contributed by atoms with Crippen LogP contribution < -0.4 is 0 Å². The van der Waals surface area contributed by atoms with E-state index in [1.54, 1.807) is 6.92 Å². The first-order valence-corrected chi connectivity index (χ1v) is 6.33. The monoisotopic (exact) mass is 245 g/mol. The number of rotatable bonds is 4. The lowest BCUT2D eigenvalue weighted by atomic mass is 9.72. The highest BCUT2D eigenvalue weighted by Crippen LogP contribution is 2.44. The molecule has 0 radical (unpaired) electrons. The second-order valence-corrected chi connectivity index (χ2v) is 5.23. The standard InChI is InChI=1S/C15H19NO2/c1-3-18-11-14(2,17)15(10-16)8-12-6-4-5-7-13(12)9-15/h4-7,17H,3,8-9,11H2,1-2H3. The van der Waals surface area contributed by atoms with Gasteiger partial charge in [-0.1, -0.05) is 24.3 Å². The number of fused-ring (bicyclic) bond motifs is 1. The Morgan fingerprint density at radius 3 is 2.39 bits per heavy atom. The van der Waals surface area contributed by atoms with Crippen molar-refractivity contribution in [3.05, 3.63) is 35.4 Å². The van der Waals surface area contributed by atoms with Crippen LogP contribution >= 0.6 is 0 Å². The third-order valence-corrected chi connectivity index (χ3v) is 3.94. The van der Waals surface area contributed by atoms with Crippen LogP contribution in [0, 0.1) is 16.7 Å². The molecule has 0 aliphatic heterocycles. The van der Waals surface area contributed by atoms with Crippen molar-refractivity contribution < 1.29 is 9.84 Å². The van der Waals surface area contributed by atoms with Crippen LogP contribution in [0.1, 0.15) is 25.0 Å². The molecule has 1 aliphatic carbocycles. The summed E-state index contributed by atoms with van der Waals surface area (Å²) in [6.45, 7) is 4.34. The van der Waals surface area contributed by atoms with Crippen LogP contribution in [0.15, 0.2) is 24.3 Å². The van der Waals surface area contributed by atoms with Crippen molar-refractivity contribution in [2.75, 3.05) is 13.2 Å². The van der Waals surface area contributed by atoms with Gasteiger partial charge in [0, 0.05) is 6.61 Å². The van der Waals surface area contributed by atoms with Crippen molar-refractivity contribution in [3.8, 4) is 6.07 Å². The van der Waals surface area contributed by atoms with Gasteiger partial charge in [0.15, 0.2) is 0 Å². The van der Waals surface area contributed by atoms with Crippen LogP contribution in [0.2, 0.25) is 0 Å². The summed E-state index contributed by atoms with van der Waals surface area (Å²) in [6, 6.07) is 10.4. The number of benzene rings is 1. The average Bonchev–Trinajstić information content (AvgIpc) is 2.76. The lowest BCUT2D eigenvalue weighted by Gasteiger charge is -2.37. The van der Waals surface area contributed by atoms with Crippen LogP contribution in [0.25, 0.3) is 0 Å². The average molecular weight is 245 g/mol. The number of nitriles is 1. The molecule has 1 N–H and O–H groups in total. The Balaban J connectivity index is 2.28. The predicted octanol–water partition coefficient (Wildman–Crippen LogP) is 2.08. The minimum Gasteiger partial charge on any atom is -0.386 e. The first-order chi connectivity index (χ1) is 8.54. The van der Waals surface area contributed by atoms with Gasteiger partial charge in [0.05, 0.1) is 18.1 Å². The van der Waals surface area contributed by atoms with E-state index >= 15 is 0 Å². The van der Waals surface area contributed by atoms with Gasteiger partial charge in [0.25, 0.3) is 0 Å². The smallest absolute Gasteiger partial charge is 0.104 e. The van der Waals surface area contributed by atoms with Crippen molar-refractivity contribution >= 4 is 0 Å². The molecule has 0 saturated carbocycles. The highest BCUT2D eigenvalue weighted by atomic mass is 16.5. The maximum absolute atomic E-state index is 10.6. The van der Waals surface area contributed by atoms with E-state index in [0.29, 0.717) is 19.4 Å². The fourth-order valence-corrected chi connectivity index (χ4v) is 2.63. The number of hydrogen-bond donors (Lipinski definition) is 1. The Kier molecular flexibility index (Phi) is 3.43. The van der Waals surface area contributed by atoms with Gasteiger partial charge in [-0.3, -0.25) is 0 Å². The SMILES string of the molecule is CCOCC(C)(O)C1(C#N)Cc2ccccc2C1. The van der Waals surface area contributed by atoms with Crippen molar-refractivity contribution in [3.63, 3.8) is 0 Å². The first kappa shape index (κ1) is 13.1. The van der Waals surface area contributed by atoms with Crippen LogP contribution in [-0.2, 0) is 17.6 Å². The summed E-state index contributed by atoms with van der Waals surface area (Å²) in [6.07, 6.45) is 1.19. The number of aliphatic hydroxyl groups is 1. The Morgan fingerprint density at radius 1 is 1.39 bits per heavy atom. The van der Waals surface area contributed by atoms with Gasteiger partial charge < -0.3 is 9.84 Å². The Labute approximate surface area is 108 Å². The maximum atomic E-state index is 10.6. The Hall–Kier alpha value is -1.37. The number of hydrogen-bond acceptors (Lipinski definition) is 3. The fourth-order valence-electron chi connectivity index (χ4n) is 2.63. The second kappa shape index (κ2) is 4.72. The number of nitrogens with zero attached hydrogens (tertiary/aromatic N) is 1. The molecule has 0 aromatic heterocycles. The molecule has 3 nitrogen and oxygen atoms in total. The van der Waals surface area contributed by atoms with E-state index in [2.05, 4.69) is 6.07 Å². The van der Waals surface area contributed by atoms with Crippen molar-refractivity contribution in [1.29, 1.82) is 5.26 Å². The van der Waals surface area contributed by atoms with Gasteiger partial charge in [0.1, 0.15) is 5.60 Å². The first-order valence-electron chi connectivity index (χ1n) is 6.33. The molecule has 0 heterocycles. The van der Waals surface area contributed by atoms with E-state index in [9.17, 15) is 10.4 Å². The molecule has 1 aromatic rings. The minimum atomic E-state index is -1.13. The van der Waals surface area contributed by atoms with Crippen LogP contribution in [0.4, 0.5) is 0 Å². The van der Waals surface area contributed by atoms with Crippen molar-refractivity contribution in [2.45, 2.75) is 32.3 Å². The van der Waals surface area contributed by atoms with E-state index in [0.717, 1.165) is 11.1 Å². The van der Waals surface area contributed by atoms with E-state index in [-0.39, 0.29) is 6.61 Å². The highest BCUT2D eigenvalue weighted by Gasteiger charge is 2.51. The summed E-state index contributed by atoms with van der Waals surface area (Å²) in [4.78, 5) is 0. The van der Waals surface area contributed by atoms with Gasteiger partial charge in [-0.15, -0.1) is 0 Å². The van der Waals surface area contributed by atoms with Gasteiger partial charge in [-0.05, 0) is 37.8 Å². The molecule has 0 amide bonds. The molecule has 0 saturated heterocycles. The molecule has 0 fully saturated rings. The van der Waals surface area contributed by atoms with Crippen LogP contribution in [0.3, 0.4) is 0 Å². The van der Waals surface area contributed by atoms with E-state index < -0.39 is 11.0 Å². The summed E-state index contributed by atoms with van der Waals surface area (Å²) >= 11 is 0. The van der Waals surface area contributed by atoms with E-state index in [1.807, 2.05) is 31.2 Å². The highest BCUT2D eigenvalue weighted by molar-refractivity contribution is 5.39. The Morgan fingerprint density at radius 2 is 1.94 bits per heavy atom. The van der Waals surface area contributed by atoms with Crippen LogP contribution in [0.5, 0.6) is 0 Å². The molecule has 0 bridgehead atoms. The molecule has 1 aromatic carbocycles. The third kappa shape index (κ3) is 2.03. The zero-order valence-corrected chi connectivity index (χ0v) is 10.9. The third-order valence-electron chi connectivity index (χ3n) is 3.94. The molecule has 1 aliphatic rings. The Bertz CT molecular complexity index is 449. The summed E-state index contributed by atoms with van der Waals surface area (Å²) in [5, 5.41) is 20.2. The zero-order valence-electron chi connectivity index (χ0n) is 10.9. The topological polar surface area (TPSA) is 53.2 Å². The number of ether oxygens (including phenoxy) is 1. The second-order valence-electron chi connectivity index (χ2n) is 5.23. The minimum absolute atomic E-state index is 0.199. The largest absolute Gasteiger partial charge is 0.386 e. The van der Waals surface area contributed by atoms with E-state index in [1.165, 1.54) is 0 Å². The summed E-state index contributed by atoms with van der Waals surface area (Å²) in [5.41, 5.74) is 0.425. The molecule has 2 rings (SSSR count). The molecule has 3 heteroatoms. The maximum Gasteiger partial charge on any atom is 0.104 e. The summed E-state index contributed by atoms with van der Waals surface area (Å²) in [7, 11) is 0. The zero-order chi connectivity index (χ0) is 13.2. The molecule has 18 heavy (non-hydrogen) atoms. The molecular formula is C15H19NO2.